The Labute approximate surface area is 165 Å². The molecule has 2 fully saturated rings. The Bertz CT molecular complexity index is 913. The van der Waals surface area contributed by atoms with Crippen LogP contribution in [0.2, 0.25) is 0 Å². The van der Waals surface area contributed by atoms with Gasteiger partial charge in [0.15, 0.2) is 0 Å². The molecule has 1 saturated carbocycles. The van der Waals surface area contributed by atoms with Gasteiger partial charge in [0.2, 0.25) is 5.91 Å². The summed E-state index contributed by atoms with van der Waals surface area (Å²) in [7, 11) is 0. The number of carbonyl (C=O) groups excluding carboxylic acids is 2. The van der Waals surface area contributed by atoms with Crippen LogP contribution in [-0.2, 0) is 4.79 Å². The number of aromatic nitrogens is 2. The summed E-state index contributed by atoms with van der Waals surface area (Å²) < 4.78 is 0. The molecular weight excluding hydrogens is 352 g/mol. The zero-order valence-corrected chi connectivity index (χ0v) is 16.4. The van der Waals surface area contributed by atoms with Gasteiger partial charge in [-0.15, -0.1) is 0 Å². The summed E-state index contributed by atoms with van der Waals surface area (Å²) in [6.07, 6.45) is 5.95. The molecule has 1 N–H and O–H groups in total. The molecule has 6 nitrogen and oxygen atoms in total. The second-order valence-corrected chi connectivity index (χ2v) is 8.09. The third-order valence-corrected chi connectivity index (χ3v) is 6.01. The SMILES string of the molecule is Cc1cccc(C(=O)N[C@@H]2CCC[C@]3(CCN(c4ccnc(C)n4)C3=O)C2)c1. The summed E-state index contributed by atoms with van der Waals surface area (Å²) in [5.74, 6) is 1.43. The molecular formula is C22H26N4O2. The highest BCUT2D eigenvalue weighted by Gasteiger charge is 2.50. The third kappa shape index (κ3) is 3.51. The molecule has 146 valence electrons. The monoisotopic (exact) mass is 378 g/mol. The molecule has 1 aromatic carbocycles. The minimum absolute atomic E-state index is 0.0257. The Kier molecular flexibility index (Phi) is 4.87. The summed E-state index contributed by atoms with van der Waals surface area (Å²) in [5, 5.41) is 3.16. The largest absolute Gasteiger partial charge is 0.349 e. The van der Waals surface area contributed by atoms with Gasteiger partial charge < -0.3 is 5.32 Å². The summed E-state index contributed by atoms with van der Waals surface area (Å²) in [6.45, 7) is 4.48. The lowest BCUT2D eigenvalue weighted by Crippen LogP contribution is -2.46. The lowest BCUT2D eigenvalue weighted by atomic mass is 9.71. The first-order valence-electron chi connectivity index (χ1n) is 9.96. The van der Waals surface area contributed by atoms with E-state index < -0.39 is 0 Å². The summed E-state index contributed by atoms with van der Waals surface area (Å²) >= 11 is 0. The standard InChI is InChI=1S/C22H26N4O2/c1-15-5-3-6-17(13-15)20(27)25-18-7-4-9-22(14-18)10-12-26(21(22)28)19-8-11-23-16(2)24-19/h3,5-6,8,11,13,18H,4,7,9-10,12,14H2,1-2H3,(H,25,27)/t18-,22+/m1/s1. The number of hydrogen-bond donors (Lipinski definition) is 1. The molecule has 2 atom stereocenters. The number of nitrogens with zero attached hydrogens (tertiary/aromatic N) is 3. The van der Waals surface area contributed by atoms with Crippen LogP contribution in [0.1, 0.15) is 53.8 Å². The van der Waals surface area contributed by atoms with Gasteiger partial charge in [-0.25, -0.2) is 9.97 Å². The average Bonchev–Trinajstić information content (AvgIpc) is 2.97. The van der Waals surface area contributed by atoms with Gasteiger partial charge in [-0.3, -0.25) is 14.5 Å². The molecule has 1 aliphatic heterocycles. The van der Waals surface area contributed by atoms with Crippen molar-refractivity contribution in [3.8, 4) is 0 Å². The molecule has 2 aliphatic rings. The van der Waals surface area contributed by atoms with E-state index in [9.17, 15) is 9.59 Å². The van der Waals surface area contributed by atoms with Crippen molar-refractivity contribution in [3.63, 3.8) is 0 Å². The Morgan fingerprint density at radius 3 is 2.89 bits per heavy atom. The fraction of sp³-hybridized carbons (Fsp3) is 0.455. The van der Waals surface area contributed by atoms with Crippen LogP contribution in [0.25, 0.3) is 0 Å². The van der Waals surface area contributed by atoms with Gasteiger partial charge in [0.1, 0.15) is 11.6 Å². The second-order valence-electron chi connectivity index (χ2n) is 8.09. The highest BCUT2D eigenvalue weighted by atomic mass is 16.2. The van der Waals surface area contributed by atoms with E-state index in [1.807, 2.05) is 38.1 Å². The number of carbonyl (C=O) groups is 2. The van der Waals surface area contributed by atoms with Crippen molar-refractivity contribution in [2.75, 3.05) is 11.4 Å². The average molecular weight is 378 g/mol. The Balaban J connectivity index is 1.47. The highest BCUT2D eigenvalue weighted by molar-refractivity contribution is 5.99. The van der Waals surface area contributed by atoms with Crippen molar-refractivity contribution in [2.24, 2.45) is 5.41 Å². The smallest absolute Gasteiger partial charge is 0.251 e. The van der Waals surface area contributed by atoms with E-state index in [1.165, 1.54) is 0 Å². The zero-order valence-electron chi connectivity index (χ0n) is 16.4. The highest BCUT2D eigenvalue weighted by Crippen LogP contribution is 2.45. The molecule has 1 saturated heterocycles. The van der Waals surface area contributed by atoms with Crippen LogP contribution in [-0.4, -0.2) is 34.4 Å². The number of benzene rings is 1. The number of hydrogen-bond acceptors (Lipinski definition) is 4. The van der Waals surface area contributed by atoms with Crippen LogP contribution >= 0.6 is 0 Å². The number of anilines is 1. The first-order chi connectivity index (χ1) is 13.5. The van der Waals surface area contributed by atoms with Gasteiger partial charge in [-0.05, 0) is 57.7 Å². The third-order valence-electron chi connectivity index (χ3n) is 6.01. The van der Waals surface area contributed by atoms with Crippen molar-refractivity contribution >= 4 is 17.6 Å². The Hall–Kier alpha value is -2.76. The zero-order chi connectivity index (χ0) is 19.7. The van der Waals surface area contributed by atoms with E-state index in [4.69, 9.17) is 0 Å². The topological polar surface area (TPSA) is 75.2 Å². The van der Waals surface area contributed by atoms with E-state index in [1.54, 1.807) is 17.2 Å². The van der Waals surface area contributed by atoms with Crippen LogP contribution in [0.15, 0.2) is 36.5 Å². The van der Waals surface area contributed by atoms with E-state index >= 15 is 0 Å². The van der Waals surface area contributed by atoms with Gasteiger partial charge in [0, 0.05) is 24.3 Å². The lowest BCUT2D eigenvalue weighted by molar-refractivity contribution is -0.127. The summed E-state index contributed by atoms with van der Waals surface area (Å²) in [5.41, 5.74) is 1.35. The van der Waals surface area contributed by atoms with Crippen LogP contribution in [0, 0.1) is 19.3 Å². The van der Waals surface area contributed by atoms with Crippen molar-refractivity contribution in [1.82, 2.24) is 15.3 Å². The minimum Gasteiger partial charge on any atom is -0.349 e. The number of amides is 2. The molecule has 4 rings (SSSR count). The fourth-order valence-electron chi connectivity index (χ4n) is 4.60. The molecule has 0 radical (unpaired) electrons. The maximum absolute atomic E-state index is 13.3. The quantitative estimate of drug-likeness (QED) is 0.890. The number of aryl methyl sites for hydroxylation is 2. The summed E-state index contributed by atoms with van der Waals surface area (Å²) in [6, 6.07) is 9.43. The first-order valence-corrected chi connectivity index (χ1v) is 9.96. The van der Waals surface area contributed by atoms with Gasteiger partial charge in [-0.1, -0.05) is 24.1 Å². The van der Waals surface area contributed by atoms with Gasteiger partial charge in [0.05, 0.1) is 5.41 Å². The van der Waals surface area contributed by atoms with E-state index in [0.717, 1.165) is 31.2 Å². The van der Waals surface area contributed by atoms with Crippen LogP contribution in [0.5, 0.6) is 0 Å². The predicted molar refractivity (Wildman–Crippen MR) is 107 cm³/mol. The van der Waals surface area contributed by atoms with Gasteiger partial charge >= 0.3 is 0 Å². The predicted octanol–water partition coefficient (Wildman–Crippen LogP) is 3.19. The molecule has 2 amide bonds. The lowest BCUT2D eigenvalue weighted by Gasteiger charge is -2.36. The Morgan fingerprint density at radius 2 is 2.11 bits per heavy atom. The van der Waals surface area contributed by atoms with Crippen LogP contribution in [0.4, 0.5) is 5.82 Å². The van der Waals surface area contributed by atoms with Crippen molar-refractivity contribution in [1.29, 1.82) is 0 Å². The molecule has 2 heterocycles. The normalized spacial score (nSPS) is 24.6. The fourth-order valence-corrected chi connectivity index (χ4v) is 4.60. The van der Waals surface area contributed by atoms with Crippen molar-refractivity contribution in [3.05, 3.63) is 53.5 Å². The first kappa shape index (κ1) is 18.6. The Morgan fingerprint density at radius 1 is 1.25 bits per heavy atom. The maximum atomic E-state index is 13.3. The van der Waals surface area contributed by atoms with E-state index in [-0.39, 0.29) is 23.3 Å². The molecule has 6 heteroatoms. The molecule has 28 heavy (non-hydrogen) atoms. The number of nitrogens with one attached hydrogen (secondary N) is 1. The minimum atomic E-state index is -0.387. The molecule has 1 spiro atoms. The van der Waals surface area contributed by atoms with Gasteiger partial charge in [0.25, 0.3) is 5.91 Å². The van der Waals surface area contributed by atoms with E-state index in [2.05, 4.69) is 15.3 Å². The second kappa shape index (κ2) is 7.34. The summed E-state index contributed by atoms with van der Waals surface area (Å²) in [4.78, 5) is 36.3. The molecule has 1 aromatic heterocycles. The van der Waals surface area contributed by atoms with Crippen molar-refractivity contribution in [2.45, 2.75) is 52.0 Å². The van der Waals surface area contributed by atoms with Crippen LogP contribution in [0.3, 0.4) is 0 Å². The van der Waals surface area contributed by atoms with Crippen LogP contribution < -0.4 is 10.2 Å². The number of rotatable bonds is 3. The van der Waals surface area contributed by atoms with Gasteiger partial charge in [-0.2, -0.15) is 0 Å². The van der Waals surface area contributed by atoms with Crippen molar-refractivity contribution < 1.29 is 9.59 Å². The molecule has 2 aromatic rings. The molecule has 0 bridgehead atoms. The van der Waals surface area contributed by atoms with E-state index in [0.29, 0.717) is 30.2 Å². The molecule has 1 aliphatic carbocycles. The molecule has 0 unspecified atom stereocenters. The maximum Gasteiger partial charge on any atom is 0.251 e.